The van der Waals surface area contributed by atoms with E-state index in [1.54, 1.807) is 13.3 Å². The molecule has 0 radical (unpaired) electrons. The number of hydrogen-bond acceptors (Lipinski definition) is 5. The lowest BCUT2D eigenvalue weighted by Crippen LogP contribution is -2.40. The Balaban J connectivity index is 1.86. The van der Waals surface area contributed by atoms with Crippen molar-refractivity contribution >= 4 is 27.6 Å². The van der Waals surface area contributed by atoms with Crippen molar-refractivity contribution in [2.75, 3.05) is 37.0 Å². The second-order valence-corrected chi connectivity index (χ2v) is 5.84. The Morgan fingerprint density at radius 3 is 2.67 bits per heavy atom. The van der Waals surface area contributed by atoms with Crippen molar-refractivity contribution in [2.24, 2.45) is 0 Å². The first-order valence-corrected chi connectivity index (χ1v) is 7.58. The highest BCUT2D eigenvalue weighted by molar-refractivity contribution is 9.10. The predicted octanol–water partition coefficient (Wildman–Crippen LogP) is 2.70. The molecule has 1 aliphatic heterocycles. The van der Waals surface area contributed by atoms with E-state index in [1.165, 1.54) is 5.56 Å². The fourth-order valence-electron chi connectivity index (χ4n) is 2.42. The standard InChI is InChI=1S/C15H17BrN4O/c1-19-7-8-20(15-14(19)17-9-13(16)18-15)10-11-3-5-12(21-2)6-4-11/h3-6,9H,7-8,10H2,1-2H3. The van der Waals surface area contributed by atoms with Crippen LogP contribution < -0.4 is 14.5 Å². The minimum absolute atomic E-state index is 0.760. The lowest BCUT2D eigenvalue weighted by atomic mass is 10.2. The van der Waals surface area contributed by atoms with Gasteiger partial charge in [0.1, 0.15) is 10.4 Å². The zero-order valence-electron chi connectivity index (χ0n) is 12.1. The zero-order valence-corrected chi connectivity index (χ0v) is 13.7. The van der Waals surface area contributed by atoms with Gasteiger partial charge in [-0.1, -0.05) is 12.1 Å². The van der Waals surface area contributed by atoms with E-state index in [-0.39, 0.29) is 0 Å². The number of halogens is 1. The van der Waals surface area contributed by atoms with Crippen LogP contribution in [-0.2, 0) is 6.54 Å². The third-order valence-corrected chi connectivity index (χ3v) is 3.99. The Kier molecular flexibility index (Phi) is 3.96. The Morgan fingerprint density at radius 2 is 1.95 bits per heavy atom. The van der Waals surface area contributed by atoms with Crippen molar-refractivity contribution < 1.29 is 4.74 Å². The minimum Gasteiger partial charge on any atom is -0.497 e. The van der Waals surface area contributed by atoms with Gasteiger partial charge in [0.05, 0.1) is 13.3 Å². The molecule has 0 saturated heterocycles. The zero-order chi connectivity index (χ0) is 14.8. The lowest BCUT2D eigenvalue weighted by Gasteiger charge is -2.34. The number of aromatic nitrogens is 2. The van der Waals surface area contributed by atoms with Crippen LogP contribution in [0.3, 0.4) is 0 Å². The lowest BCUT2D eigenvalue weighted by molar-refractivity contribution is 0.414. The van der Waals surface area contributed by atoms with E-state index in [2.05, 4.69) is 47.8 Å². The maximum atomic E-state index is 5.20. The van der Waals surface area contributed by atoms with Crippen LogP contribution >= 0.6 is 15.9 Å². The van der Waals surface area contributed by atoms with Crippen molar-refractivity contribution in [3.05, 3.63) is 40.6 Å². The van der Waals surface area contributed by atoms with Crippen LogP contribution in [0, 0.1) is 0 Å². The third-order valence-electron chi connectivity index (χ3n) is 3.60. The monoisotopic (exact) mass is 348 g/mol. The molecule has 0 fully saturated rings. The van der Waals surface area contributed by atoms with Crippen LogP contribution in [-0.4, -0.2) is 37.2 Å². The highest BCUT2D eigenvalue weighted by atomic mass is 79.9. The van der Waals surface area contributed by atoms with E-state index in [0.29, 0.717) is 0 Å². The van der Waals surface area contributed by atoms with Gasteiger partial charge in [-0.3, -0.25) is 0 Å². The molecule has 3 rings (SSSR count). The Labute approximate surface area is 132 Å². The van der Waals surface area contributed by atoms with Gasteiger partial charge in [-0.2, -0.15) is 0 Å². The first kappa shape index (κ1) is 14.1. The van der Waals surface area contributed by atoms with Crippen LogP contribution in [0.15, 0.2) is 35.1 Å². The number of methoxy groups -OCH3 is 1. The van der Waals surface area contributed by atoms with Gasteiger partial charge in [-0.05, 0) is 33.6 Å². The first-order chi connectivity index (χ1) is 10.2. The molecule has 0 unspecified atom stereocenters. The van der Waals surface area contributed by atoms with Gasteiger partial charge in [0.2, 0.25) is 0 Å². The number of fused-ring (bicyclic) bond motifs is 1. The molecule has 5 nitrogen and oxygen atoms in total. The summed E-state index contributed by atoms with van der Waals surface area (Å²) in [4.78, 5) is 13.5. The average molecular weight is 349 g/mol. The molecule has 2 aromatic rings. The van der Waals surface area contributed by atoms with Crippen LogP contribution in [0.4, 0.5) is 11.6 Å². The summed E-state index contributed by atoms with van der Waals surface area (Å²) >= 11 is 3.41. The number of ether oxygens (including phenoxy) is 1. The second-order valence-electron chi connectivity index (χ2n) is 5.03. The highest BCUT2D eigenvalue weighted by Crippen LogP contribution is 2.30. The van der Waals surface area contributed by atoms with E-state index >= 15 is 0 Å². The Morgan fingerprint density at radius 1 is 1.19 bits per heavy atom. The van der Waals surface area contributed by atoms with Crippen molar-refractivity contribution in [3.63, 3.8) is 0 Å². The molecular formula is C15H17BrN4O. The summed E-state index contributed by atoms with van der Waals surface area (Å²) in [5, 5.41) is 0. The molecule has 1 aromatic carbocycles. The molecule has 21 heavy (non-hydrogen) atoms. The van der Waals surface area contributed by atoms with E-state index < -0.39 is 0 Å². The molecular weight excluding hydrogens is 332 g/mol. The average Bonchev–Trinajstić information content (AvgIpc) is 2.51. The minimum atomic E-state index is 0.760. The van der Waals surface area contributed by atoms with Gasteiger partial charge in [-0.15, -0.1) is 0 Å². The van der Waals surface area contributed by atoms with Crippen molar-refractivity contribution in [1.29, 1.82) is 0 Å². The predicted molar refractivity (Wildman–Crippen MR) is 87.0 cm³/mol. The molecule has 0 bridgehead atoms. The number of nitrogens with zero attached hydrogens (tertiary/aromatic N) is 4. The SMILES string of the molecule is COc1ccc(CN2CCN(C)c3ncc(Br)nc32)cc1. The first-order valence-electron chi connectivity index (χ1n) is 6.79. The topological polar surface area (TPSA) is 41.5 Å². The molecule has 6 heteroatoms. The molecule has 1 aliphatic rings. The van der Waals surface area contributed by atoms with Gasteiger partial charge in [0.15, 0.2) is 11.6 Å². The summed E-state index contributed by atoms with van der Waals surface area (Å²) in [6, 6.07) is 8.14. The Hall–Kier alpha value is -1.82. The van der Waals surface area contributed by atoms with E-state index in [1.807, 2.05) is 19.2 Å². The van der Waals surface area contributed by atoms with Gasteiger partial charge in [0.25, 0.3) is 0 Å². The van der Waals surface area contributed by atoms with Crippen molar-refractivity contribution in [1.82, 2.24) is 9.97 Å². The summed E-state index contributed by atoms with van der Waals surface area (Å²) < 4.78 is 5.96. The van der Waals surface area contributed by atoms with Gasteiger partial charge in [0, 0.05) is 26.7 Å². The summed E-state index contributed by atoms with van der Waals surface area (Å²) in [6.45, 7) is 2.69. The number of rotatable bonds is 3. The molecule has 110 valence electrons. The molecule has 0 aliphatic carbocycles. The normalized spacial score (nSPS) is 14.0. The van der Waals surface area contributed by atoms with Crippen LogP contribution in [0.1, 0.15) is 5.56 Å². The molecule has 0 spiro atoms. The smallest absolute Gasteiger partial charge is 0.173 e. The quantitative estimate of drug-likeness (QED) is 0.852. The summed E-state index contributed by atoms with van der Waals surface area (Å²) in [5.41, 5.74) is 1.23. The van der Waals surface area contributed by atoms with Crippen LogP contribution in [0.25, 0.3) is 0 Å². The number of anilines is 2. The molecule has 1 aromatic heterocycles. The Bertz CT molecular complexity index is 632. The molecule has 0 N–H and O–H groups in total. The number of likely N-dealkylation sites (N-methyl/N-ethyl adjacent to an activating group) is 1. The van der Waals surface area contributed by atoms with E-state index in [0.717, 1.165) is 41.6 Å². The largest absolute Gasteiger partial charge is 0.497 e. The van der Waals surface area contributed by atoms with Crippen molar-refractivity contribution in [2.45, 2.75) is 6.54 Å². The van der Waals surface area contributed by atoms with Gasteiger partial charge in [-0.25, -0.2) is 9.97 Å². The molecule has 2 heterocycles. The van der Waals surface area contributed by atoms with Gasteiger partial charge >= 0.3 is 0 Å². The summed E-state index contributed by atoms with van der Waals surface area (Å²) in [6.07, 6.45) is 1.74. The number of benzene rings is 1. The fraction of sp³-hybridized carbons (Fsp3) is 0.333. The maximum Gasteiger partial charge on any atom is 0.173 e. The van der Waals surface area contributed by atoms with Crippen LogP contribution in [0.2, 0.25) is 0 Å². The fourth-order valence-corrected chi connectivity index (χ4v) is 2.69. The van der Waals surface area contributed by atoms with E-state index in [9.17, 15) is 0 Å². The number of hydrogen-bond donors (Lipinski definition) is 0. The molecule has 0 amide bonds. The molecule has 0 saturated carbocycles. The maximum absolute atomic E-state index is 5.20. The summed E-state index contributed by atoms with van der Waals surface area (Å²) in [7, 11) is 3.73. The van der Waals surface area contributed by atoms with Crippen LogP contribution in [0.5, 0.6) is 5.75 Å². The van der Waals surface area contributed by atoms with Gasteiger partial charge < -0.3 is 14.5 Å². The third kappa shape index (κ3) is 2.95. The molecule has 0 atom stereocenters. The van der Waals surface area contributed by atoms with Crippen molar-refractivity contribution in [3.8, 4) is 5.75 Å². The summed E-state index contributed by atoms with van der Waals surface area (Å²) in [5.74, 6) is 2.73. The highest BCUT2D eigenvalue weighted by Gasteiger charge is 2.23. The van der Waals surface area contributed by atoms with E-state index in [4.69, 9.17) is 4.74 Å². The second kappa shape index (κ2) is 5.89.